The lowest BCUT2D eigenvalue weighted by atomic mass is 10.0. The quantitative estimate of drug-likeness (QED) is 0.273. The summed E-state index contributed by atoms with van der Waals surface area (Å²) in [6.45, 7) is 7.32. The van der Waals surface area contributed by atoms with Crippen molar-refractivity contribution in [2.24, 2.45) is 0 Å². The Balaban J connectivity index is 1.97. The smallest absolute Gasteiger partial charge is 0.347 e. The van der Waals surface area contributed by atoms with Crippen LogP contribution in [-0.2, 0) is 25.5 Å². The van der Waals surface area contributed by atoms with Crippen molar-refractivity contribution in [1.29, 1.82) is 0 Å². The maximum atomic E-state index is 12.9. The fourth-order valence-electron chi connectivity index (χ4n) is 3.33. The molecule has 0 aliphatic carbocycles. The molecule has 0 radical (unpaired) electrons. The zero-order valence-electron chi connectivity index (χ0n) is 18.8. The van der Waals surface area contributed by atoms with E-state index in [2.05, 4.69) is 12.0 Å². The van der Waals surface area contributed by atoms with Crippen LogP contribution in [0.3, 0.4) is 0 Å². The molecule has 8 nitrogen and oxygen atoms in total. The molecule has 2 aromatic carbocycles. The van der Waals surface area contributed by atoms with Gasteiger partial charge in [0.05, 0.1) is 19.4 Å². The molecule has 0 aromatic heterocycles. The average molecular weight is 450 g/mol. The Morgan fingerprint density at radius 1 is 1.21 bits per heavy atom. The Labute approximate surface area is 192 Å². The van der Waals surface area contributed by atoms with Gasteiger partial charge >= 0.3 is 5.97 Å². The molecule has 3 rings (SSSR count). The van der Waals surface area contributed by atoms with E-state index >= 15 is 0 Å². The van der Waals surface area contributed by atoms with E-state index in [1.165, 1.54) is 18.2 Å². The highest BCUT2D eigenvalue weighted by Crippen LogP contribution is 2.35. The van der Waals surface area contributed by atoms with Gasteiger partial charge in [-0.1, -0.05) is 24.3 Å². The van der Waals surface area contributed by atoms with Gasteiger partial charge in [-0.2, -0.15) is 0 Å². The molecule has 1 fully saturated rings. The summed E-state index contributed by atoms with van der Waals surface area (Å²) < 4.78 is 16.4. The zero-order chi connectivity index (χ0) is 24.0. The number of nitrogens with zero attached hydrogens (tertiary/aromatic N) is 1. The second-order valence-electron chi connectivity index (χ2n) is 7.19. The standard InChI is InChI=1S/C25H26N2O6/c1-5-10-18-13-17(15-21(31-4)22(18)33-16(3)25(30)32-6-2)14-20-23(28)26-27(24(20)29)19-11-8-7-9-12-19/h5,7-9,11-16H,1,6,10H2,2-4H3,(H,26,28)/b20-14-/t16-/m1/s1. The molecule has 0 unspecified atom stereocenters. The SMILES string of the molecule is C=CCc1cc(/C=C2/C(=O)NN(c3ccccc3)C2=O)cc(OC)c1O[C@H](C)C(=O)OCC. The van der Waals surface area contributed by atoms with E-state index in [0.29, 0.717) is 34.7 Å². The van der Waals surface area contributed by atoms with Crippen molar-refractivity contribution in [1.82, 2.24) is 5.43 Å². The lowest BCUT2D eigenvalue weighted by Gasteiger charge is -2.19. The Bertz CT molecular complexity index is 1090. The van der Waals surface area contributed by atoms with Crippen LogP contribution >= 0.6 is 0 Å². The normalized spacial score (nSPS) is 15.2. The number of nitrogens with one attached hydrogen (secondary N) is 1. The molecule has 0 spiro atoms. The first-order valence-corrected chi connectivity index (χ1v) is 10.5. The van der Waals surface area contributed by atoms with Gasteiger partial charge in [-0.3, -0.25) is 15.0 Å². The number of hydrogen-bond acceptors (Lipinski definition) is 6. The number of hydrogen-bond donors (Lipinski definition) is 1. The second kappa shape index (κ2) is 10.5. The maximum Gasteiger partial charge on any atom is 0.347 e. The summed E-state index contributed by atoms with van der Waals surface area (Å²) >= 11 is 0. The van der Waals surface area contributed by atoms with Gasteiger partial charge in [-0.05, 0) is 56.2 Å². The highest BCUT2D eigenvalue weighted by Gasteiger charge is 2.34. The molecule has 33 heavy (non-hydrogen) atoms. The third-order valence-electron chi connectivity index (χ3n) is 4.87. The molecule has 0 bridgehead atoms. The van der Waals surface area contributed by atoms with E-state index in [0.717, 1.165) is 0 Å². The number of carbonyl (C=O) groups excluding carboxylic acids is 3. The summed E-state index contributed by atoms with van der Waals surface area (Å²) in [6.07, 6.45) is 2.73. The van der Waals surface area contributed by atoms with Crippen molar-refractivity contribution in [3.05, 3.63) is 71.8 Å². The topological polar surface area (TPSA) is 94.2 Å². The fourth-order valence-corrected chi connectivity index (χ4v) is 3.33. The molecule has 1 aliphatic rings. The van der Waals surface area contributed by atoms with Crippen LogP contribution in [-0.4, -0.2) is 37.6 Å². The average Bonchev–Trinajstić information content (AvgIpc) is 3.09. The van der Waals surface area contributed by atoms with Crippen LogP contribution in [0.25, 0.3) is 6.08 Å². The lowest BCUT2D eigenvalue weighted by molar-refractivity contribution is -0.150. The molecule has 1 saturated heterocycles. The molecular formula is C25H26N2O6. The highest BCUT2D eigenvalue weighted by molar-refractivity contribution is 6.31. The van der Waals surface area contributed by atoms with Crippen molar-refractivity contribution in [2.75, 3.05) is 18.7 Å². The Kier molecular flexibility index (Phi) is 7.50. The van der Waals surface area contributed by atoms with Gasteiger partial charge < -0.3 is 14.2 Å². The van der Waals surface area contributed by atoms with Crippen molar-refractivity contribution in [2.45, 2.75) is 26.4 Å². The van der Waals surface area contributed by atoms with Gasteiger partial charge in [0.1, 0.15) is 5.57 Å². The number of ether oxygens (including phenoxy) is 3. The Hall–Kier alpha value is -4.07. The molecule has 2 amide bonds. The molecular weight excluding hydrogens is 424 g/mol. The third-order valence-corrected chi connectivity index (χ3v) is 4.87. The number of anilines is 1. The number of allylic oxidation sites excluding steroid dienone is 1. The number of esters is 1. The molecule has 1 N–H and O–H groups in total. The number of para-hydroxylation sites is 1. The van der Waals surface area contributed by atoms with Gasteiger partial charge in [-0.15, -0.1) is 6.58 Å². The number of benzene rings is 2. The predicted octanol–water partition coefficient (Wildman–Crippen LogP) is 3.22. The van der Waals surface area contributed by atoms with E-state index in [1.807, 2.05) is 6.07 Å². The molecule has 0 saturated carbocycles. The fraction of sp³-hybridized carbons (Fsp3) is 0.240. The molecule has 1 heterocycles. The van der Waals surface area contributed by atoms with Crippen molar-refractivity contribution in [3.8, 4) is 11.5 Å². The van der Waals surface area contributed by atoms with Crippen LogP contribution in [0.2, 0.25) is 0 Å². The third kappa shape index (κ3) is 5.23. The number of carbonyl (C=O) groups is 3. The first-order chi connectivity index (χ1) is 15.9. The molecule has 172 valence electrons. The maximum absolute atomic E-state index is 12.9. The van der Waals surface area contributed by atoms with Crippen molar-refractivity contribution < 1.29 is 28.6 Å². The number of amides is 2. The molecule has 2 aromatic rings. The van der Waals surface area contributed by atoms with Gasteiger partial charge in [-0.25, -0.2) is 9.80 Å². The van der Waals surface area contributed by atoms with Crippen LogP contribution in [0.1, 0.15) is 25.0 Å². The first kappa shape index (κ1) is 23.6. The minimum absolute atomic E-state index is 0.0148. The summed E-state index contributed by atoms with van der Waals surface area (Å²) in [7, 11) is 1.47. The number of hydrazine groups is 1. The molecule has 8 heteroatoms. The molecule has 1 aliphatic heterocycles. The van der Waals surface area contributed by atoms with E-state index in [-0.39, 0.29) is 12.2 Å². The van der Waals surface area contributed by atoms with Crippen LogP contribution < -0.4 is 19.9 Å². The Morgan fingerprint density at radius 2 is 1.94 bits per heavy atom. The summed E-state index contributed by atoms with van der Waals surface area (Å²) in [6, 6.07) is 12.2. The largest absolute Gasteiger partial charge is 0.493 e. The summed E-state index contributed by atoms with van der Waals surface area (Å²) in [5.41, 5.74) is 4.36. The monoisotopic (exact) mass is 450 g/mol. The second-order valence-corrected chi connectivity index (χ2v) is 7.19. The van der Waals surface area contributed by atoms with Crippen molar-refractivity contribution in [3.63, 3.8) is 0 Å². The lowest BCUT2D eigenvalue weighted by Crippen LogP contribution is -2.35. The molecule has 1 atom stereocenters. The minimum atomic E-state index is -0.853. The van der Waals surface area contributed by atoms with Gasteiger partial charge in [0.15, 0.2) is 17.6 Å². The summed E-state index contributed by atoms with van der Waals surface area (Å²) in [5, 5.41) is 1.20. The van der Waals surface area contributed by atoms with E-state index < -0.39 is 23.9 Å². The highest BCUT2D eigenvalue weighted by atomic mass is 16.6. The zero-order valence-corrected chi connectivity index (χ0v) is 18.8. The van der Waals surface area contributed by atoms with Gasteiger partial charge in [0.2, 0.25) is 0 Å². The van der Waals surface area contributed by atoms with E-state index in [1.54, 1.807) is 56.3 Å². The predicted molar refractivity (Wildman–Crippen MR) is 124 cm³/mol. The number of rotatable bonds is 9. The minimum Gasteiger partial charge on any atom is -0.493 e. The van der Waals surface area contributed by atoms with E-state index in [4.69, 9.17) is 14.2 Å². The van der Waals surface area contributed by atoms with Crippen LogP contribution in [0.5, 0.6) is 11.5 Å². The first-order valence-electron chi connectivity index (χ1n) is 10.5. The summed E-state index contributed by atoms with van der Waals surface area (Å²) in [5.74, 6) is -0.753. The van der Waals surface area contributed by atoms with E-state index in [9.17, 15) is 14.4 Å². The van der Waals surface area contributed by atoms with Gasteiger partial charge in [0, 0.05) is 5.56 Å². The van der Waals surface area contributed by atoms with Crippen LogP contribution in [0.15, 0.2) is 60.7 Å². The van der Waals surface area contributed by atoms with Crippen LogP contribution in [0.4, 0.5) is 5.69 Å². The van der Waals surface area contributed by atoms with Crippen molar-refractivity contribution >= 4 is 29.5 Å². The van der Waals surface area contributed by atoms with Crippen LogP contribution in [0, 0.1) is 0 Å². The van der Waals surface area contributed by atoms with Gasteiger partial charge in [0.25, 0.3) is 11.8 Å². The Morgan fingerprint density at radius 3 is 2.58 bits per heavy atom. The number of methoxy groups -OCH3 is 1. The summed E-state index contributed by atoms with van der Waals surface area (Å²) in [4.78, 5) is 37.4.